The molecule has 5 N–H and O–H groups in total. The molecule has 0 aliphatic carbocycles. The Morgan fingerprint density at radius 3 is 2.70 bits per heavy atom. The molecule has 2 saturated heterocycles. The maximum Gasteiger partial charge on any atom is 0.255 e. The van der Waals surface area contributed by atoms with Gasteiger partial charge in [-0.05, 0) is 63.7 Å². The number of carbonyl (C=O) groups excluding carboxylic acids is 1. The minimum atomic E-state index is -0.157. The van der Waals surface area contributed by atoms with Crippen LogP contribution in [-0.2, 0) is 0 Å². The van der Waals surface area contributed by atoms with Crippen LogP contribution in [0.1, 0.15) is 42.5 Å². The number of amides is 1. The Morgan fingerprint density at radius 1 is 1.23 bits per heavy atom. The van der Waals surface area contributed by atoms with E-state index in [1.807, 2.05) is 0 Å². The molecular weight excluding hydrogens is 402 g/mol. The van der Waals surface area contributed by atoms with Crippen molar-refractivity contribution in [2.75, 3.05) is 58.7 Å². The minimum absolute atomic E-state index is 0.157. The normalized spacial score (nSPS) is 21.5. The van der Waals surface area contributed by atoms with E-state index in [9.17, 15) is 4.79 Å². The molecule has 30 heavy (non-hydrogen) atoms. The van der Waals surface area contributed by atoms with Gasteiger partial charge in [0.05, 0.1) is 23.4 Å². The van der Waals surface area contributed by atoms with Crippen molar-refractivity contribution in [2.24, 2.45) is 11.7 Å². The van der Waals surface area contributed by atoms with Crippen LogP contribution in [-0.4, -0.2) is 74.7 Å². The number of piperidine rings is 2. The van der Waals surface area contributed by atoms with Crippen LogP contribution in [0.3, 0.4) is 0 Å². The van der Waals surface area contributed by atoms with E-state index in [1.165, 1.54) is 33.0 Å². The number of nitrogen functional groups attached to an aromatic ring is 1. The molecule has 0 saturated carbocycles. The van der Waals surface area contributed by atoms with Crippen molar-refractivity contribution in [1.29, 1.82) is 0 Å². The lowest BCUT2D eigenvalue weighted by molar-refractivity contribution is 0.0881. The number of nitrogens with zero attached hydrogens (tertiary/aromatic N) is 2. The molecular formula is C22H36ClN5O2. The third-order valence-corrected chi connectivity index (χ3v) is 6.61. The summed E-state index contributed by atoms with van der Waals surface area (Å²) >= 11 is 6.10. The number of rotatable bonds is 8. The summed E-state index contributed by atoms with van der Waals surface area (Å²) in [5.41, 5.74) is 12.3. The third-order valence-electron chi connectivity index (χ3n) is 6.28. The fraction of sp³-hybridized carbons (Fsp3) is 0.682. The van der Waals surface area contributed by atoms with Crippen LogP contribution < -0.4 is 21.5 Å². The number of hydrogen-bond acceptors (Lipinski definition) is 6. The van der Waals surface area contributed by atoms with Crippen molar-refractivity contribution in [1.82, 2.24) is 15.1 Å². The number of likely N-dealkylation sites (tertiary alicyclic amines) is 2. The van der Waals surface area contributed by atoms with Gasteiger partial charge in [0.25, 0.3) is 5.91 Å². The van der Waals surface area contributed by atoms with E-state index in [0.29, 0.717) is 22.0 Å². The van der Waals surface area contributed by atoms with Crippen LogP contribution in [0.15, 0.2) is 12.1 Å². The molecule has 1 atom stereocenters. The van der Waals surface area contributed by atoms with E-state index in [4.69, 9.17) is 27.8 Å². The molecule has 0 spiro atoms. The first-order chi connectivity index (χ1) is 14.5. The number of benzene rings is 1. The van der Waals surface area contributed by atoms with Gasteiger partial charge in [-0.1, -0.05) is 11.6 Å². The fourth-order valence-corrected chi connectivity index (χ4v) is 4.79. The highest BCUT2D eigenvalue weighted by Crippen LogP contribution is 2.29. The van der Waals surface area contributed by atoms with Crippen LogP contribution in [0.25, 0.3) is 0 Å². The molecule has 1 amide bonds. The molecule has 0 bridgehead atoms. The number of nitrogens with two attached hydrogens (primary N) is 2. The zero-order valence-corrected chi connectivity index (χ0v) is 18.8. The van der Waals surface area contributed by atoms with Gasteiger partial charge in [0, 0.05) is 38.3 Å². The van der Waals surface area contributed by atoms with Gasteiger partial charge in [0.15, 0.2) is 0 Å². The number of halogens is 1. The topological polar surface area (TPSA) is 96.8 Å². The Bertz CT molecular complexity index is 709. The minimum Gasteiger partial charge on any atom is -0.496 e. The summed E-state index contributed by atoms with van der Waals surface area (Å²) in [6.45, 7) is 7.49. The van der Waals surface area contributed by atoms with Crippen molar-refractivity contribution < 1.29 is 9.53 Å². The summed E-state index contributed by atoms with van der Waals surface area (Å²) in [5.74, 6) is 1.03. The molecule has 3 rings (SSSR count). The van der Waals surface area contributed by atoms with Gasteiger partial charge in [-0.2, -0.15) is 0 Å². The Labute approximate surface area is 185 Å². The SMILES string of the molecule is COc1cc(N)c(Cl)cc1C(=O)NC1CCN(CC2CCCN(CCCN)C2)CC1. The number of carbonyl (C=O) groups is 1. The lowest BCUT2D eigenvalue weighted by Gasteiger charge is -2.38. The fourth-order valence-electron chi connectivity index (χ4n) is 4.62. The molecule has 2 aliphatic heterocycles. The predicted molar refractivity (Wildman–Crippen MR) is 122 cm³/mol. The highest BCUT2D eigenvalue weighted by Gasteiger charge is 2.26. The van der Waals surface area contributed by atoms with Gasteiger partial charge in [0.2, 0.25) is 0 Å². The number of ether oxygens (including phenoxy) is 1. The Kier molecular flexibility index (Phi) is 8.62. The van der Waals surface area contributed by atoms with E-state index < -0.39 is 0 Å². The third kappa shape index (κ3) is 6.23. The Morgan fingerprint density at radius 2 is 2.00 bits per heavy atom. The number of anilines is 1. The summed E-state index contributed by atoms with van der Waals surface area (Å²) in [7, 11) is 1.53. The number of nitrogens with one attached hydrogen (secondary N) is 1. The second-order valence-electron chi connectivity index (χ2n) is 8.57. The zero-order valence-electron chi connectivity index (χ0n) is 18.0. The van der Waals surface area contributed by atoms with Crippen molar-refractivity contribution >= 4 is 23.2 Å². The lowest BCUT2D eigenvalue weighted by atomic mass is 9.95. The molecule has 0 aromatic heterocycles. The highest BCUT2D eigenvalue weighted by molar-refractivity contribution is 6.33. The van der Waals surface area contributed by atoms with Crippen molar-refractivity contribution in [2.45, 2.75) is 38.1 Å². The van der Waals surface area contributed by atoms with Crippen molar-refractivity contribution in [3.05, 3.63) is 22.7 Å². The van der Waals surface area contributed by atoms with Gasteiger partial charge < -0.3 is 31.3 Å². The van der Waals surface area contributed by atoms with E-state index in [1.54, 1.807) is 12.1 Å². The number of methoxy groups -OCH3 is 1. The van der Waals surface area contributed by atoms with Gasteiger partial charge in [-0.15, -0.1) is 0 Å². The largest absolute Gasteiger partial charge is 0.496 e. The maximum absolute atomic E-state index is 12.8. The van der Waals surface area contributed by atoms with Crippen LogP contribution in [0.2, 0.25) is 5.02 Å². The van der Waals surface area contributed by atoms with Crippen LogP contribution in [0.4, 0.5) is 5.69 Å². The molecule has 2 fully saturated rings. The van der Waals surface area contributed by atoms with E-state index >= 15 is 0 Å². The average molecular weight is 438 g/mol. The van der Waals surface area contributed by atoms with Crippen molar-refractivity contribution in [3.63, 3.8) is 0 Å². The zero-order chi connectivity index (χ0) is 21.5. The molecule has 2 aliphatic rings. The lowest BCUT2D eigenvalue weighted by Crippen LogP contribution is -2.47. The van der Waals surface area contributed by atoms with Gasteiger partial charge in [0.1, 0.15) is 5.75 Å². The predicted octanol–water partition coefficient (Wildman–Crippen LogP) is 2.19. The van der Waals surface area contributed by atoms with Crippen LogP contribution >= 0.6 is 11.6 Å². The summed E-state index contributed by atoms with van der Waals surface area (Å²) in [6.07, 6.45) is 5.60. The smallest absolute Gasteiger partial charge is 0.255 e. The van der Waals surface area contributed by atoms with Gasteiger partial charge in [-0.3, -0.25) is 4.79 Å². The van der Waals surface area contributed by atoms with Gasteiger partial charge in [-0.25, -0.2) is 0 Å². The quantitative estimate of drug-likeness (QED) is 0.539. The first-order valence-electron chi connectivity index (χ1n) is 11.1. The monoisotopic (exact) mass is 437 g/mol. The maximum atomic E-state index is 12.8. The Balaban J connectivity index is 1.46. The molecule has 7 nitrogen and oxygen atoms in total. The van der Waals surface area contributed by atoms with Crippen LogP contribution in [0.5, 0.6) is 5.75 Å². The highest BCUT2D eigenvalue weighted by atomic mass is 35.5. The Hall–Kier alpha value is -1.54. The second-order valence-corrected chi connectivity index (χ2v) is 8.98. The first kappa shape index (κ1) is 23.1. The molecule has 2 heterocycles. The average Bonchev–Trinajstić information content (AvgIpc) is 2.75. The molecule has 1 aromatic carbocycles. The summed E-state index contributed by atoms with van der Waals surface area (Å²) in [4.78, 5) is 17.9. The molecule has 168 valence electrons. The van der Waals surface area contributed by atoms with E-state index in [-0.39, 0.29) is 11.9 Å². The number of hydrogen-bond donors (Lipinski definition) is 3. The van der Waals surface area contributed by atoms with Crippen molar-refractivity contribution in [3.8, 4) is 5.75 Å². The second kappa shape index (κ2) is 11.2. The standard InChI is InChI=1S/C22H36ClN5O2/c1-30-21-13-20(25)19(23)12-18(21)22(29)26-17-5-10-28(11-6-17)15-16-4-2-8-27(14-16)9-3-7-24/h12-13,16-17H,2-11,14-15,24-25H2,1H3,(H,26,29). The summed E-state index contributed by atoms with van der Waals surface area (Å²) < 4.78 is 5.31. The first-order valence-corrected chi connectivity index (χ1v) is 11.5. The van der Waals surface area contributed by atoms with E-state index in [2.05, 4.69) is 15.1 Å². The molecule has 0 radical (unpaired) electrons. The van der Waals surface area contributed by atoms with Crippen LogP contribution in [0, 0.1) is 5.92 Å². The molecule has 8 heteroatoms. The summed E-state index contributed by atoms with van der Waals surface area (Å²) in [5, 5.41) is 3.51. The summed E-state index contributed by atoms with van der Waals surface area (Å²) in [6, 6.07) is 3.35. The molecule has 1 aromatic rings. The van der Waals surface area contributed by atoms with E-state index in [0.717, 1.165) is 57.9 Å². The van der Waals surface area contributed by atoms with Gasteiger partial charge >= 0.3 is 0 Å². The molecule has 1 unspecified atom stereocenters.